The van der Waals surface area contributed by atoms with Crippen LogP contribution in [0, 0.1) is 0 Å². The first kappa shape index (κ1) is 9.07. The van der Waals surface area contributed by atoms with Gasteiger partial charge in [0, 0.05) is 1.43 Å². The van der Waals surface area contributed by atoms with Crippen molar-refractivity contribution in [2.75, 3.05) is 14.1 Å². The first-order chi connectivity index (χ1) is 2.00. The third kappa shape index (κ3) is 254. The Morgan fingerprint density at radius 1 is 1.00 bits per heavy atom. The maximum absolute atomic E-state index is 4.50. The number of nitrogens with two attached hydrogens (primary N) is 2. The van der Waals surface area contributed by atoms with E-state index >= 15 is 0 Å². The molecule has 0 aromatic heterocycles. The van der Waals surface area contributed by atoms with Crippen LogP contribution < -0.4 is 11.5 Å². The molecule has 0 bridgehead atoms. The van der Waals surface area contributed by atoms with Crippen LogP contribution in [-0.4, -0.2) is 14.1 Å². The lowest BCUT2D eigenvalue weighted by atomic mass is 11.6. The van der Waals surface area contributed by atoms with E-state index in [1.54, 1.807) is 0 Å². The maximum atomic E-state index is 4.50. The summed E-state index contributed by atoms with van der Waals surface area (Å²) in [5, 5.41) is 0. The molecule has 2 heteroatoms. The van der Waals surface area contributed by atoms with E-state index in [1.165, 1.54) is 14.1 Å². The Balaban J connectivity index is -0.0000000133. The van der Waals surface area contributed by atoms with Crippen LogP contribution >= 0.6 is 0 Å². The van der Waals surface area contributed by atoms with Gasteiger partial charge in [0.05, 0.1) is 0 Å². The Bertz CT molecular complexity index is 7.61. The van der Waals surface area contributed by atoms with Crippen LogP contribution in [0.25, 0.3) is 0 Å². The van der Waals surface area contributed by atoms with Crippen molar-refractivity contribution in [3.05, 3.63) is 0 Å². The third-order valence-corrected chi connectivity index (χ3v) is 0. The average molecular weight is 65.1 g/mol. The quantitative estimate of drug-likeness (QED) is 0.396. The smallest absolute Gasteiger partial charge is 0 e. The Hall–Kier alpha value is -0.0800. The van der Waals surface area contributed by atoms with Crippen molar-refractivity contribution in [2.45, 2.75) is 0 Å². The summed E-state index contributed by atoms with van der Waals surface area (Å²) in [6.07, 6.45) is 0. The summed E-state index contributed by atoms with van der Waals surface area (Å²) in [4.78, 5) is 0. The van der Waals surface area contributed by atoms with Crippen molar-refractivity contribution in [3.8, 4) is 0 Å². The molecule has 4 heavy (non-hydrogen) atoms. The first-order valence-electron chi connectivity index (χ1n) is 1.15. The molecule has 0 saturated heterocycles. The molecule has 4 N–H and O–H groups in total. The minimum absolute atomic E-state index is 0. The molecule has 0 rings (SSSR count). The van der Waals surface area contributed by atoms with Crippen LogP contribution in [0.15, 0.2) is 0 Å². The Morgan fingerprint density at radius 3 is 1.00 bits per heavy atom. The third-order valence-electron chi connectivity index (χ3n) is 0. The highest BCUT2D eigenvalue weighted by Gasteiger charge is 0.838. The van der Waals surface area contributed by atoms with Crippen molar-refractivity contribution in [1.82, 2.24) is 0 Å². The molecule has 0 radical (unpaired) electrons. The predicted octanol–water partition coefficient (Wildman–Crippen LogP) is -0.604. The van der Waals surface area contributed by atoms with Crippen LogP contribution in [0.4, 0.5) is 0 Å². The summed E-state index contributed by atoms with van der Waals surface area (Å²) in [5.74, 6) is 0. The maximum Gasteiger partial charge on any atom is 0 e. The highest BCUT2D eigenvalue weighted by atomic mass is 14.4. The Morgan fingerprint density at radius 2 is 1.00 bits per heavy atom. The normalized spacial score (nSPS) is 3.00. The summed E-state index contributed by atoms with van der Waals surface area (Å²) < 4.78 is 0. The fourth-order valence-electron chi connectivity index (χ4n) is 0. The molecule has 0 aromatic carbocycles. The average Bonchev–Trinajstić information content (AvgIpc) is 1.50. The van der Waals surface area contributed by atoms with Gasteiger partial charge >= 0.3 is 0 Å². The lowest BCUT2D eigenvalue weighted by Crippen LogP contribution is -1.69. The van der Waals surface area contributed by atoms with Crippen LogP contribution in [0.3, 0.4) is 0 Å². The van der Waals surface area contributed by atoms with Gasteiger partial charge in [-0.1, -0.05) is 0 Å². The van der Waals surface area contributed by atoms with Gasteiger partial charge in [-0.2, -0.15) is 0 Å². The van der Waals surface area contributed by atoms with Crippen LogP contribution in [-0.2, 0) is 0 Å². The molecule has 0 aliphatic carbocycles. The van der Waals surface area contributed by atoms with E-state index < -0.39 is 0 Å². The van der Waals surface area contributed by atoms with E-state index in [1.807, 2.05) is 0 Å². The molecular formula is C2H12N2. The molecule has 0 atom stereocenters. The molecule has 30 valence electrons. The Labute approximate surface area is 28.3 Å². The van der Waals surface area contributed by atoms with Gasteiger partial charge in [0.2, 0.25) is 0 Å². The molecular weight excluding hydrogens is 52.0 g/mol. The second kappa shape index (κ2) is 1680. The largest absolute Gasteiger partial charge is 0.333 e. The van der Waals surface area contributed by atoms with E-state index in [-0.39, 0.29) is 1.43 Å². The monoisotopic (exact) mass is 65.1 g/mol. The molecule has 0 spiro atoms. The zero-order valence-electron chi connectivity index (χ0n) is 3.15. The molecule has 0 saturated carbocycles. The second-order valence-corrected chi connectivity index (χ2v) is 0. The Kier molecular flexibility index (Phi) is 3810. The first-order valence-corrected chi connectivity index (χ1v) is 1.15. The summed E-state index contributed by atoms with van der Waals surface area (Å²) in [6.45, 7) is 0. The summed E-state index contributed by atoms with van der Waals surface area (Å²) in [5.41, 5.74) is 9.00. The highest BCUT2D eigenvalue weighted by Crippen LogP contribution is 0.471. The van der Waals surface area contributed by atoms with Crippen molar-refractivity contribution >= 4 is 0 Å². The minimum Gasteiger partial charge on any atom is -0.333 e. The molecule has 0 heterocycles. The number of hydrogen-bond acceptors (Lipinski definition) is 2. The SMILES string of the molecule is CN.CN.[2HH]. The topological polar surface area (TPSA) is 52.0 Å². The summed E-state index contributed by atoms with van der Waals surface area (Å²) in [7, 11) is 3.00. The molecule has 0 aliphatic heterocycles. The van der Waals surface area contributed by atoms with Gasteiger partial charge in [-0.15, -0.1) is 0 Å². The van der Waals surface area contributed by atoms with Gasteiger partial charge in [-0.3, -0.25) is 0 Å². The van der Waals surface area contributed by atoms with Crippen molar-refractivity contribution in [2.24, 2.45) is 11.5 Å². The summed E-state index contributed by atoms with van der Waals surface area (Å²) >= 11 is 0. The number of hydrogen-bond donors (Lipinski definition) is 2. The second-order valence-electron chi connectivity index (χ2n) is 0. The van der Waals surface area contributed by atoms with Gasteiger partial charge in [-0.05, 0) is 14.1 Å². The van der Waals surface area contributed by atoms with E-state index in [0.29, 0.717) is 0 Å². The van der Waals surface area contributed by atoms with Crippen molar-refractivity contribution < 1.29 is 1.43 Å². The fourth-order valence-corrected chi connectivity index (χ4v) is 0. The van der Waals surface area contributed by atoms with E-state index in [9.17, 15) is 0 Å². The number of rotatable bonds is 0. The molecule has 0 unspecified atom stereocenters. The van der Waals surface area contributed by atoms with Gasteiger partial charge in [0.15, 0.2) is 0 Å². The lowest BCUT2D eigenvalue weighted by molar-refractivity contribution is 1.48. The summed E-state index contributed by atoms with van der Waals surface area (Å²) in [6, 6.07) is 0. The molecule has 2 nitrogen and oxygen atoms in total. The van der Waals surface area contributed by atoms with Crippen LogP contribution in [0.5, 0.6) is 0 Å². The van der Waals surface area contributed by atoms with Gasteiger partial charge in [0.25, 0.3) is 0 Å². The van der Waals surface area contributed by atoms with Gasteiger partial charge < -0.3 is 11.5 Å². The van der Waals surface area contributed by atoms with Crippen LogP contribution in [0.1, 0.15) is 1.43 Å². The van der Waals surface area contributed by atoms with Gasteiger partial charge in [0.1, 0.15) is 0 Å². The molecule has 0 aliphatic rings. The zero-order valence-corrected chi connectivity index (χ0v) is 3.15. The van der Waals surface area contributed by atoms with Crippen molar-refractivity contribution in [3.63, 3.8) is 0 Å². The zero-order chi connectivity index (χ0) is 4.00. The molecule has 0 aromatic rings. The molecule has 0 fully saturated rings. The van der Waals surface area contributed by atoms with E-state index in [2.05, 4.69) is 11.5 Å². The highest BCUT2D eigenvalue weighted by molar-refractivity contribution is 3.54. The van der Waals surface area contributed by atoms with E-state index in [4.69, 9.17) is 0 Å². The van der Waals surface area contributed by atoms with Crippen LogP contribution in [0.2, 0.25) is 0 Å². The van der Waals surface area contributed by atoms with Gasteiger partial charge in [-0.25, -0.2) is 0 Å². The molecule has 0 amide bonds. The minimum atomic E-state index is 0. The van der Waals surface area contributed by atoms with Crippen molar-refractivity contribution in [1.29, 1.82) is 0 Å². The van der Waals surface area contributed by atoms with E-state index in [0.717, 1.165) is 0 Å². The standard InChI is InChI=1S/2CH5N.H2/c2*1-2;/h2*2H2,1H3;1H/i;;1+1. The fraction of sp³-hybridized carbons (Fsp3) is 1.00. The predicted molar refractivity (Wildman–Crippen MR) is 22.3 cm³/mol. The lowest BCUT2D eigenvalue weighted by Gasteiger charge is -1.19.